The van der Waals surface area contributed by atoms with E-state index in [-0.39, 0.29) is 32.8 Å². The van der Waals surface area contributed by atoms with Gasteiger partial charge in [0.1, 0.15) is 11.8 Å². The van der Waals surface area contributed by atoms with Crippen molar-refractivity contribution < 1.29 is 27.4 Å². The second-order valence-corrected chi connectivity index (χ2v) is 11.0. The topological polar surface area (TPSA) is 57.9 Å². The number of hydrogen-bond donors (Lipinski definition) is 2. The molecule has 0 aliphatic carbocycles. The number of nitrogens with one attached hydrogen (secondary N) is 1. The van der Waals surface area contributed by atoms with E-state index in [0.29, 0.717) is 0 Å². The first-order valence-corrected chi connectivity index (χ1v) is 11.3. The maximum Gasteiger partial charge on any atom is 0.286 e. The number of halogens is 4. The van der Waals surface area contributed by atoms with Crippen LogP contribution in [-0.2, 0) is 4.74 Å². The molecule has 2 aliphatic rings. The molecule has 0 radical (unpaired) electrons. The van der Waals surface area contributed by atoms with Gasteiger partial charge in [-0.1, -0.05) is 19.9 Å². The van der Waals surface area contributed by atoms with Crippen molar-refractivity contribution in [3.05, 3.63) is 12.7 Å². The molecule has 2 aliphatic heterocycles. The van der Waals surface area contributed by atoms with Gasteiger partial charge in [0.25, 0.3) is 11.8 Å². The summed E-state index contributed by atoms with van der Waals surface area (Å²) in [7, 11) is 0. The van der Waals surface area contributed by atoms with E-state index < -0.39 is 46.2 Å². The summed E-state index contributed by atoms with van der Waals surface area (Å²) in [4.78, 5) is 3.32. The third-order valence-corrected chi connectivity index (χ3v) is 8.16. The van der Waals surface area contributed by atoms with Gasteiger partial charge in [0, 0.05) is 26.2 Å². The summed E-state index contributed by atoms with van der Waals surface area (Å²) >= 11 is 0. The highest BCUT2D eigenvalue weighted by Crippen LogP contribution is 2.51. The van der Waals surface area contributed by atoms with E-state index >= 15 is 17.6 Å². The molecule has 2 fully saturated rings. The highest BCUT2D eigenvalue weighted by atomic mass is 19.3. The Morgan fingerprint density at radius 1 is 1.03 bits per heavy atom. The lowest BCUT2D eigenvalue weighted by Gasteiger charge is -2.55. The Morgan fingerprint density at radius 2 is 1.47 bits per heavy atom. The molecule has 0 amide bonds. The SMILES string of the molecule is C=CCOC1NC1(C)C(F)(F)C(C)(C)N1CCN(C(C)(C)C(F)(F)C(C)(C)C(C)O)CC1. The number of hydrogen-bond acceptors (Lipinski definition) is 5. The maximum absolute atomic E-state index is 15.6. The fourth-order valence-corrected chi connectivity index (χ4v) is 4.77. The number of aliphatic hydroxyl groups is 1. The van der Waals surface area contributed by atoms with E-state index in [1.54, 1.807) is 9.80 Å². The molecule has 0 aromatic rings. The van der Waals surface area contributed by atoms with Crippen LogP contribution in [0.1, 0.15) is 55.4 Å². The van der Waals surface area contributed by atoms with Crippen molar-refractivity contribution in [2.45, 2.75) is 96.2 Å². The zero-order valence-electron chi connectivity index (χ0n) is 20.7. The van der Waals surface area contributed by atoms with Crippen molar-refractivity contribution in [2.75, 3.05) is 32.8 Å². The number of piperazine rings is 1. The zero-order valence-corrected chi connectivity index (χ0v) is 20.7. The summed E-state index contributed by atoms with van der Waals surface area (Å²) in [6.45, 7) is 16.0. The Hall–Kier alpha value is -0.740. The summed E-state index contributed by atoms with van der Waals surface area (Å²) in [6.07, 6.45) is -0.464. The van der Waals surface area contributed by atoms with Crippen molar-refractivity contribution in [2.24, 2.45) is 5.41 Å². The zero-order chi connectivity index (χ0) is 25.0. The standard InChI is InChI=1S/C23H41F4N3O2/c1-10-15-32-17-21(9,28-17)23(26,27)20(7,8)30-13-11-29(12-14-30)19(5,6)22(24,25)18(3,4)16(2)31/h10,16-17,28,31H,1,11-15H2,2-9H3. The summed E-state index contributed by atoms with van der Waals surface area (Å²) < 4.78 is 67.6. The fourth-order valence-electron chi connectivity index (χ4n) is 4.77. The van der Waals surface area contributed by atoms with Gasteiger partial charge in [-0.05, 0) is 41.5 Å². The molecule has 0 saturated carbocycles. The minimum absolute atomic E-state index is 0.175. The molecule has 2 saturated heterocycles. The average molecular weight is 468 g/mol. The Bertz CT molecular complexity index is 689. The largest absolute Gasteiger partial charge is 0.393 e. The second-order valence-electron chi connectivity index (χ2n) is 11.0. The van der Waals surface area contributed by atoms with Crippen molar-refractivity contribution in [3.8, 4) is 0 Å². The van der Waals surface area contributed by atoms with Crippen molar-refractivity contribution in [1.29, 1.82) is 0 Å². The molecule has 0 aromatic heterocycles. The van der Waals surface area contributed by atoms with Crippen LogP contribution < -0.4 is 5.32 Å². The molecule has 0 spiro atoms. The molecule has 2 rings (SSSR count). The molecule has 2 N–H and O–H groups in total. The number of aliphatic hydroxyl groups excluding tert-OH is 1. The Labute approximate surface area is 190 Å². The average Bonchev–Trinajstić information content (AvgIpc) is 3.37. The van der Waals surface area contributed by atoms with Gasteiger partial charge >= 0.3 is 0 Å². The predicted molar refractivity (Wildman–Crippen MR) is 118 cm³/mol. The first kappa shape index (κ1) is 27.5. The number of ether oxygens (including phenoxy) is 1. The third-order valence-electron chi connectivity index (χ3n) is 8.16. The fraction of sp³-hybridized carbons (Fsp3) is 0.913. The van der Waals surface area contributed by atoms with Crippen LogP contribution in [-0.4, -0.2) is 88.5 Å². The highest BCUT2D eigenvalue weighted by molar-refractivity contribution is 5.21. The van der Waals surface area contributed by atoms with Crippen molar-refractivity contribution in [3.63, 3.8) is 0 Å². The van der Waals surface area contributed by atoms with Crippen LogP contribution in [0.25, 0.3) is 0 Å². The van der Waals surface area contributed by atoms with E-state index in [1.165, 1.54) is 61.5 Å². The molecule has 32 heavy (non-hydrogen) atoms. The second kappa shape index (κ2) is 8.48. The minimum Gasteiger partial charge on any atom is -0.393 e. The van der Waals surface area contributed by atoms with Crippen molar-refractivity contribution in [1.82, 2.24) is 15.1 Å². The normalized spacial score (nSPS) is 28.0. The molecule has 3 unspecified atom stereocenters. The summed E-state index contributed by atoms with van der Waals surface area (Å²) in [5, 5.41) is 12.7. The monoisotopic (exact) mass is 467 g/mol. The molecule has 2 heterocycles. The van der Waals surface area contributed by atoms with Gasteiger partial charge in [0.05, 0.1) is 29.2 Å². The maximum atomic E-state index is 15.6. The van der Waals surface area contributed by atoms with E-state index in [9.17, 15) is 5.11 Å². The molecule has 188 valence electrons. The summed E-state index contributed by atoms with van der Waals surface area (Å²) in [5.74, 6) is -6.35. The lowest BCUT2D eigenvalue weighted by molar-refractivity contribution is -0.231. The van der Waals surface area contributed by atoms with Crippen LogP contribution in [0, 0.1) is 5.41 Å². The summed E-state index contributed by atoms with van der Waals surface area (Å²) in [5.41, 5.74) is -6.23. The quantitative estimate of drug-likeness (QED) is 0.291. The lowest BCUT2D eigenvalue weighted by Crippen LogP contribution is -2.70. The first-order valence-electron chi connectivity index (χ1n) is 11.3. The van der Waals surface area contributed by atoms with E-state index in [0.717, 1.165) is 0 Å². The Morgan fingerprint density at radius 3 is 1.88 bits per heavy atom. The Balaban J connectivity index is 2.13. The van der Waals surface area contributed by atoms with Gasteiger partial charge in [-0.2, -0.15) is 0 Å². The predicted octanol–water partition coefficient (Wildman–Crippen LogP) is 3.73. The van der Waals surface area contributed by atoms with Gasteiger partial charge in [-0.15, -0.1) is 6.58 Å². The highest BCUT2D eigenvalue weighted by Gasteiger charge is 2.73. The molecule has 5 nitrogen and oxygen atoms in total. The van der Waals surface area contributed by atoms with Crippen LogP contribution in [0.5, 0.6) is 0 Å². The molecule has 0 bridgehead atoms. The molecular weight excluding hydrogens is 426 g/mol. The van der Waals surface area contributed by atoms with Crippen LogP contribution >= 0.6 is 0 Å². The van der Waals surface area contributed by atoms with Crippen molar-refractivity contribution >= 4 is 0 Å². The molecule has 9 heteroatoms. The van der Waals surface area contributed by atoms with Gasteiger partial charge in [-0.3, -0.25) is 15.1 Å². The van der Waals surface area contributed by atoms with Gasteiger partial charge in [-0.25, -0.2) is 17.6 Å². The first-order chi connectivity index (χ1) is 14.3. The Kier molecular flexibility index (Phi) is 7.29. The number of alkyl halides is 4. The lowest BCUT2D eigenvalue weighted by atomic mass is 9.71. The van der Waals surface area contributed by atoms with Crippen LogP contribution in [0.2, 0.25) is 0 Å². The number of nitrogens with zero attached hydrogens (tertiary/aromatic N) is 2. The third kappa shape index (κ3) is 4.02. The van der Waals surface area contributed by atoms with E-state index in [4.69, 9.17) is 4.74 Å². The molecule has 0 aromatic carbocycles. The number of rotatable bonds is 10. The molecule has 3 atom stereocenters. The minimum atomic E-state index is -3.21. The smallest absolute Gasteiger partial charge is 0.286 e. The van der Waals surface area contributed by atoms with Gasteiger partial charge in [0.2, 0.25) is 0 Å². The van der Waals surface area contributed by atoms with Gasteiger partial charge < -0.3 is 9.84 Å². The van der Waals surface area contributed by atoms with E-state index in [2.05, 4.69) is 11.9 Å². The van der Waals surface area contributed by atoms with Crippen LogP contribution in [0.15, 0.2) is 12.7 Å². The van der Waals surface area contributed by atoms with Gasteiger partial charge in [0.15, 0.2) is 0 Å². The van der Waals surface area contributed by atoms with Crippen LogP contribution in [0.3, 0.4) is 0 Å². The van der Waals surface area contributed by atoms with Crippen LogP contribution in [0.4, 0.5) is 17.6 Å². The summed E-state index contributed by atoms with van der Waals surface area (Å²) in [6, 6.07) is 0. The molecular formula is C23H41F4N3O2. The van der Waals surface area contributed by atoms with E-state index in [1.807, 2.05) is 0 Å².